The second-order valence-electron chi connectivity index (χ2n) is 5.29. The normalized spacial score (nSPS) is 11.3. The SMILES string of the molecule is CC(=O)C(Nc1ccc([N+](=O)[O-])cc1)C(=O)Nc1ccc([N+](=O)[O-])cc1. The molecule has 2 aromatic carbocycles. The molecule has 1 amide bonds. The Balaban J connectivity index is 2.10. The number of ketones is 1. The number of hydrogen-bond acceptors (Lipinski definition) is 7. The molecular weight excluding hydrogens is 344 g/mol. The Hall–Kier alpha value is -3.82. The first-order valence-electron chi connectivity index (χ1n) is 7.34. The molecule has 0 bridgehead atoms. The van der Waals surface area contributed by atoms with Gasteiger partial charge in [-0.25, -0.2) is 0 Å². The number of rotatable bonds is 7. The molecule has 0 radical (unpaired) electrons. The molecule has 0 spiro atoms. The van der Waals surface area contributed by atoms with Crippen LogP contribution in [0, 0.1) is 20.2 Å². The van der Waals surface area contributed by atoms with Gasteiger partial charge in [-0.3, -0.25) is 29.8 Å². The maximum absolute atomic E-state index is 12.3. The molecule has 1 unspecified atom stereocenters. The second-order valence-corrected chi connectivity index (χ2v) is 5.29. The summed E-state index contributed by atoms with van der Waals surface area (Å²) in [4.78, 5) is 44.2. The van der Waals surface area contributed by atoms with Crippen LogP contribution in [0.5, 0.6) is 0 Å². The Morgan fingerprint density at radius 2 is 1.27 bits per heavy atom. The van der Waals surface area contributed by atoms with Gasteiger partial charge < -0.3 is 10.6 Å². The molecular formula is C16H14N4O6. The molecule has 26 heavy (non-hydrogen) atoms. The highest BCUT2D eigenvalue weighted by atomic mass is 16.6. The minimum atomic E-state index is -1.23. The van der Waals surface area contributed by atoms with Crippen molar-refractivity contribution in [1.29, 1.82) is 0 Å². The number of nitrogens with one attached hydrogen (secondary N) is 2. The van der Waals surface area contributed by atoms with E-state index in [1.807, 2.05) is 0 Å². The third-order valence-corrected chi connectivity index (χ3v) is 3.40. The van der Waals surface area contributed by atoms with Crippen molar-refractivity contribution >= 4 is 34.4 Å². The fourth-order valence-corrected chi connectivity index (χ4v) is 2.08. The standard InChI is InChI=1S/C16H14N4O6/c1-10(21)15(17-11-2-6-13(7-3-11)19(23)24)16(22)18-12-4-8-14(9-5-12)20(25)26/h2-9,15,17H,1H3,(H,18,22). The Labute approximate surface area is 147 Å². The van der Waals surface area contributed by atoms with Crippen LogP contribution in [-0.4, -0.2) is 27.6 Å². The van der Waals surface area contributed by atoms with Crippen LogP contribution in [0.25, 0.3) is 0 Å². The summed E-state index contributed by atoms with van der Waals surface area (Å²) in [5.74, 6) is -1.13. The van der Waals surface area contributed by atoms with Gasteiger partial charge in [-0.2, -0.15) is 0 Å². The van der Waals surface area contributed by atoms with Gasteiger partial charge in [0.2, 0.25) is 0 Å². The maximum Gasteiger partial charge on any atom is 0.269 e. The van der Waals surface area contributed by atoms with Crippen molar-refractivity contribution in [3.8, 4) is 0 Å². The van der Waals surface area contributed by atoms with Gasteiger partial charge in [0.15, 0.2) is 11.8 Å². The summed E-state index contributed by atoms with van der Waals surface area (Å²) in [7, 11) is 0. The minimum Gasteiger partial charge on any atom is -0.368 e. The van der Waals surface area contributed by atoms with E-state index in [2.05, 4.69) is 10.6 Å². The Kier molecular flexibility index (Phi) is 5.58. The van der Waals surface area contributed by atoms with Crippen LogP contribution in [0.1, 0.15) is 6.92 Å². The highest BCUT2D eigenvalue weighted by molar-refractivity contribution is 6.12. The molecule has 10 nitrogen and oxygen atoms in total. The monoisotopic (exact) mass is 358 g/mol. The van der Waals surface area contributed by atoms with Gasteiger partial charge >= 0.3 is 0 Å². The van der Waals surface area contributed by atoms with Gasteiger partial charge in [-0.1, -0.05) is 0 Å². The van der Waals surface area contributed by atoms with Gasteiger partial charge in [0.05, 0.1) is 9.85 Å². The summed E-state index contributed by atoms with van der Waals surface area (Å²) >= 11 is 0. The highest BCUT2D eigenvalue weighted by Crippen LogP contribution is 2.18. The van der Waals surface area contributed by atoms with E-state index < -0.39 is 27.6 Å². The number of anilines is 2. The predicted octanol–water partition coefficient (Wildman–Crippen LogP) is 2.51. The van der Waals surface area contributed by atoms with Crippen molar-refractivity contribution in [3.63, 3.8) is 0 Å². The van der Waals surface area contributed by atoms with E-state index in [9.17, 15) is 29.8 Å². The van der Waals surface area contributed by atoms with Gasteiger partial charge in [0.1, 0.15) is 0 Å². The van der Waals surface area contributed by atoms with Crippen molar-refractivity contribution in [2.45, 2.75) is 13.0 Å². The lowest BCUT2D eigenvalue weighted by Gasteiger charge is -2.17. The smallest absolute Gasteiger partial charge is 0.269 e. The molecule has 2 N–H and O–H groups in total. The molecule has 0 aliphatic heterocycles. The molecule has 0 heterocycles. The number of nitro benzene ring substituents is 2. The summed E-state index contributed by atoms with van der Waals surface area (Å²) < 4.78 is 0. The summed E-state index contributed by atoms with van der Waals surface area (Å²) in [6.07, 6.45) is 0. The number of non-ortho nitro benzene ring substituents is 2. The van der Waals surface area contributed by atoms with E-state index >= 15 is 0 Å². The average Bonchev–Trinajstić information content (AvgIpc) is 2.60. The molecule has 0 aliphatic carbocycles. The van der Waals surface area contributed by atoms with Crippen molar-refractivity contribution in [2.75, 3.05) is 10.6 Å². The first kappa shape index (κ1) is 18.5. The zero-order valence-corrected chi connectivity index (χ0v) is 13.5. The molecule has 1 atom stereocenters. The first-order chi connectivity index (χ1) is 12.3. The summed E-state index contributed by atoms with van der Waals surface area (Å²) in [6.45, 7) is 1.22. The average molecular weight is 358 g/mol. The second kappa shape index (κ2) is 7.83. The number of amides is 1. The maximum atomic E-state index is 12.3. The van der Waals surface area contributed by atoms with E-state index in [-0.39, 0.29) is 17.1 Å². The number of nitrogens with zero attached hydrogens (tertiary/aromatic N) is 2. The minimum absolute atomic E-state index is 0.120. The molecule has 2 aromatic rings. The third kappa shape index (κ3) is 4.60. The van der Waals surface area contributed by atoms with Gasteiger partial charge in [0, 0.05) is 35.6 Å². The third-order valence-electron chi connectivity index (χ3n) is 3.40. The van der Waals surface area contributed by atoms with Crippen LogP contribution in [0.4, 0.5) is 22.7 Å². The lowest BCUT2D eigenvalue weighted by atomic mass is 10.1. The quantitative estimate of drug-likeness (QED) is 0.439. The summed E-state index contributed by atoms with van der Waals surface area (Å²) in [6, 6.07) is 9.16. The lowest BCUT2D eigenvalue weighted by Crippen LogP contribution is -2.40. The topological polar surface area (TPSA) is 144 Å². The van der Waals surface area contributed by atoms with Crippen LogP contribution in [0.3, 0.4) is 0 Å². The van der Waals surface area contributed by atoms with Crippen molar-refractivity contribution in [3.05, 3.63) is 68.8 Å². The van der Waals surface area contributed by atoms with Crippen LogP contribution in [0.15, 0.2) is 48.5 Å². The van der Waals surface area contributed by atoms with Crippen LogP contribution < -0.4 is 10.6 Å². The van der Waals surface area contributed by atoms with Crippen molar-refractivity contribution in [2.24, 2.45) is 0 Å². The Bertz CT molecular complexity index is 848. The Morgan fingerprint density at radius 1 is 0.846 bits per heavy atom. The molecule has 0 fully saturated rings. The van der Waals surface area contributed by atoms with E-state index in [0.717, 1.165) is 0 Å². The van der Waals surface area contributed by atoms with E-state index in [4.69, 9.17) is 0 Å². The van der Waals surface area contributed by atoms with Gasteiger partial charge in [0.25, 0.3) is 17.3 Å². The number of carbonyl (C=O) groups excluding carboxylic acids is 2. The van der Waals surface area contributed by atoms with Crippen LogP contribution >= 0.6 is 0 Å². The molecule has 0 saturated heterocycles. The number of hydrogen-bond donors (Lipinski definition) is 2. The largest absolute Gasteiger partial charge is 0.368 e. The fraction of sp³-hybridized carbons (Fsp3) is 0.125. The number of carbonyl (C=O) groups is 2. The summed E-state index contributed by atoms with van der Waals surface area (Å²) in [5.41, 5.74) is 0.396. The van der Waals surface area contributed by atoms with Crippen molar-refractivity contribution < 1.29 is 19.4 Å². The lowest BCUT2D eigenvalue weighted by molar-refractivity contribution is -0.385. The fourth-order valence-electron chi connectivity index (χ4n) is 2.08. The van der Waals surface area contributed by atoms with E-state index in [1.165, 1.54) is 55.5 Å². The first-order valence-corrected chi connectivity index (χ1v) is 7.34. The number of nitro groups is 2. The number of Topliss-reactive ketones (excluding diaryl/α,β-unsaturated/α-hetero) is 1. The molecule has 10 heteroatoms. The highest BCUT2D eigenvalue weighted by Gasteiger charge is 2.23. The zero-order chi connectivity index (χ0) is 19.3. The molecule has 134 valence electrons. The molecule has 0 saturated carbocycles. The van der Waals surface area contributed by atoms with Gasteiger partial charge in [-0.15, -0.1) is 0 Å². The molecule has 2 rings (SSSR count). The van der Waals surface area contributed by atoms with E-state index in [0.29, 0.717) is 5.69 Å². The van der Waals surface area contributed by atoms with E-state index in [1.54, 1.807) is 0 Å². The Morgan fingerprint density at radius 3 is 1.65 bits per heavy atom. The van der Waals surface area contributed by atoms with Crippen molar-refractivity contribution in [1.82, 2.24) is 0 Å². The zero-order valence-electron chi connectivity index (χ0n) is 13.5. The number of benzene rings is 2. The molecule has 0 aromatic heterocycles. The molecule has 0 aliphatic rings. The predicted molar refractivity (Wildman–Crippen MR) is 92.9 cm³/mol. The van der Waals surface area contributed by atoms with Crippen LogP contribution in [-0.2, 0) is 9.59 Å². The summed E-state index contributed by atoms with van der Waals surface area (Å²) in [5, 5.41) is 26.5. The van der Waals surface area contributed by atoms with Gasteiger partial charge in [-0.05, 0) is 31.2 Å². The van der Waals surface area contributed by atoms with Crippen LogP contribution in [0.2, 0.25) is 0 Å².